The second-order valence-corrected chi connectivity index (χ2v) is 4.62. The third-order valence-corrected chi connectivity index (χ3v) is 3.02. The van der Waals surface area contributed by atoms with Crippen molar-refractivity contribution in [2.45, 2.75) is 45.3 Å². The summed E-state index contributed by atoms with van der Waals surface area (Å²) in [5.41, 5.74) is 0. The molecule has 0 bridgehead atoms. The number of urea groups is 1. The van der Waals surface area contributed by atoms with Crippen LogP contribution in [0, 0.1) is 6.92 Å². The van der Waals surface area contributed by atoms with Crippen molar-refractivity contribution in [2.75, 3.05) is 13.2 Å². The number of rotatable bonds is 6. The fourth-order valence-corrected chi connectivity index (χ4v) is 2.08. The summed E-state index contributed by atoms with van der Waals surface area (Å²) >= 11 is 0. The molecule has 0 radical (unpaired) electrons. The summed E-state index contributed by atoms with van der Waals surface area (Å²) in [7, 11) is 0. The summed E-state index contributed by atoms with van der Waals surface area (Å²) < 4.78 is 10.4. The molecule has 0 spiro atoms. The highest BCUT2D eigenvalue weighted by Gasteiger charge is 2.14. The van der Waals surface area contributed by atoms with Gasteiger partial charge in [-0.3, -0.25) is 0 Å². The molecule has 1 aliphatic carbocycles. The average molecular weight is 268 g/mol. The Hall–Kier alpha value is -1.63. The molecule has 2 N–H and O–H groups in total. The topological polar surface area (TPSA) is 89.3 Å². The smallest absolute Gasteiger partial charge is 0.315 e. The van der Waals surface area contributed by atoms with Crippen molar-refractivity contribution < 1.29 is 14.1 Å². The maximum absolute atomic E-state index is 11.5. The van der Waals surface area contributed by atoms with E-state index in [0.29, 0.717) is 31.0 Å². The molecule has 19 heavy (non-hydrogen) atoms. The number of amides is 2. The largest absolute Gasteiger partial charge is 0.376 e. The number of nitrogens with one attached hydrogen (secondary N) is 2. The highest BCUT2D eigenvalue weighted by atomic mass is 16.5. The minimum Gasteiger partial charge on any atom is -0.376 e. The van der Waals surface area contributed by atoms with Gasteiger partial charge in [-0.15, -0.1) is 0 Å². The maximum Gasteiger partial charge on any atom is 0.315 e. The Balaban J connectivity index is 1.52. The highest BCUT2D eigenvalue weighted by Crippen LogP contribution is 2.20. The second kappa shape index (κ2) is 7.08. The van der Waals surface area contributed by atoms with E-state index in [1.807, 2.05) is 0 Å². The van der Waals surface area contributed by atoms with Crippen LogP contribution in [-0.2, 0) is 11.3 Å². The van der Waals surface area contributed by atoms with Crippen LogP contribution in [-0.4, -0.2) is 35.4 Å². The normalized spacial score (nSPS) is 15.6. The number of aryl methyl sites for hydroxylation is 1. The molecule has 0 saturated heterocycles. The summed E-state index contributed by atoms with van der Waals surface area (Å²) in [5.74, 6) is 0.956. The Bertz CT molecular complexity index is 401. The van der Waals surface area contributed by atoms with E-state index in [1.54, 1.807) is 6.92 Å². The van der Waals surface area contributed by atoms with Crippen LogP contribution in [0.3, 0.4) is 0 Å². The molecule has 106 valence electrons. The van der Waals surface area contributed by atoms with Gasteiger partial charge in [0.25, 0.3) is 0 Å². The van der Waals surface area contributed by atoms with Gasteiger partial charge >= 0.3 is 6.03 Å². The first kappa shape index (κ1) is 13.8. The van der Waals surface area contributed by atoms with Gasteiger partial charge in [0.2, 0.25) is 5.89 Å². The van der Waals surface area contributed by atoms with E-state index < -0.39 is 0 Å². The van der Waals surface area contributed by atoms with Crippen molar-refractivity contribution in [1.82, 2.24) is 20.8 Å². The third-order valence-electron chi connectivity index (χ3n) is 3.02. The minimum atomic E-state index is -0.252. The van der Waals surface area contributed by atoms with E-state index >= 15 is 0 Å². The van der Waals surface area contributed by atoms with Gasteiger partial charge in [-0.25, -0.2) is 4.79 Å². The Morgan fingerprint density at radius 2 is 2.21 bits per heavy atom. The number of hydrogen-bond donors (Lipinski definition) is 2. The molecule has 1 saturated carbocycles. The lowest BCUT2D eigenvalue weighted by Gasteiger charge is -2.11. The minimum absolute atomic E-state index is 0.252. The van der Waals surface area contributed by atoms with Gasteiger partial charge in [0.05, 0.1) is 19.3 Å². The van der Waals surface area contributed by atoms with E-state index in [2.05, 4.69) is 20.8 Å². The number of ether oxygens (including phenoxy) is 1. The predicted octanol–water partition coefficient (Wildman–Crippen LogP) is 1.14. The van der Waals surface area contributed by atoms with Crippen LogP contribution in [0.1, 0.15) is 37.4 Å². The Labute approximate surface area is 112 Å². The Morgan fingerprint density at radius 1 is 1.42 bits per heavy atom. The zero-order valence-electron chi connectivity index (χ0n) is 11.1. The van der Waals surface area contributed by atoms with Crippen molar-refractivity contribution in [3.63, 3.8) is 0 Å². The molecule has 1 fully saturated rings. The quantitative estimate of drug-likeness (QED) is 0.755. The van der Waals surface area contributed by atoms with Crippen LogP contribution in [0.5, 0.6) is 0 Å². The van der Waals surface area contributed by atoms with Crippen LogP contribution in [0.2, 0.25) is 0 Å². The third kappa shape index (κ3) is 4.86. The van der Waals surface area contributed by atoms with Gasteiger partial charge in [-0.2, -0.15) is 4.98 Å². The standard InChI is InChI=1S/C12H20N4O3/c1-9-15-11(16-19-9)8-14-12(17)13-6-7-18-10-4-2-3-5-10/h10H,2-8H2,1H3,(H2,13,14,17). The van der Waals surface area contributed by atoms with Crippen molar-refractivity contribution >= 4 is 6.03 Å². The van der Waals surface area contributed by atoms with Gasteiger partial charge in [0.1, 0.15) is 0 Å². The van der Waals surface area contributed by atoms with Gasteiger partial charge in [-0.05, 0) is 12.8 Å². The molecular formula is C12H20N4O3. The number of carbonyl (C=O) groups is 1. The first-order valence-electron chi connectivity index (χ1n) is 6.66. The molecule has 7 heteroatoms. The van der Waals surface area contributed by atoms with Gasteiger partial charge in [0.15, 0.2) is 5.82 Å². The summed E-state index contributed by atoms with van der Waals surface area (Å²) in [6, 6.07) is -0.252. The van der Waals surface area contributed by atoms with E-state index in [4.69, 9.17) is 9.26 Å². The number of hydrogen-bond acceptors (Lipinski definition) is 5. The summed E-state index contributed by atoms with van der Waals surface area (Å²) in [6.07, 6.45) is 5.17. The van der Waals surface area contributed by atoms with Crippen molar-refractivity contribution in [2.24, 2.45) is 0 Å². The lowest BCUT2D eigenvalue weighted by Crippen LogP contribution is -2.37. The Kier molecular flexibility index (Phi) is 5.14. The SMILES string of the molecule is Cc1nc(CNC(=O)NCCOC2CCCC2)no1. The molecule has 1 aromatic rings. The summed E-state index contributed by atoms with van der Waals surface area (Å²) in [6.45, 7) is 3.02. The lowest BCUT2D eigenvalue weighted by molar-refractivity contribution is 0.0613. The van der Waals surface area contributed by atoms with Crippen LogP contribution in [0.15, 0.2) is 4.52 Å². The fourth-order valence-electron chi connectivity index (χ4n) is 2.08. The van der Waals surface area contributed by atoms with E-state index in [-0.39, 0.29) is 12.6 Å². The molecule has 1 aromatic heterocycles. The zero-order chi connectivity index (χ0) is 13.5. The first-order chi connectivity index (χ1) is 9.24. The number of carbonyl (C=O) groups excluding carboxylic acids is 1. The molecule has 0 aliphatic heterocycles. The Morgan fingerprint density at radius 3 is 2.89 bits per heavy atom. The fraction of sp³-hybridized carbons (Fsp3) is 0.750. The molecule has 0 unspecified atom stereocenters. The van der Waals surface area contributed by atoms with E-state index in [0.717, 1.165) is 12.8 Å². The molecular weight excluding hydrogens is 248 g/mol. The van der Waals surface area contributed by atoms with Crippen LogP contribution >= 0.6 is 0 Å². The van der Waals surface area contributed by atoms with E-state index in [9.17, 15) is 4.79 Å². The second-order valence-electron chi connectivity index (χ2n) is 4.62. The first-order valence-corrected chi connectivity index (χ1v) is 6.66. The van der Waals surface area contributed by atoms with E-state index in [1.165, 1.54) is 12.8 Å². The van der Waals surface area contributed by atoms with Crippen LogP contribution < -0.4 is 10.6 Å². The molecule has 1 aliphatic rings. The number of nitrogens with zero attached hydrogens (tertiary/aromatic N) is 2. The molecule has 2 rings (SSSR count). The molecule has 7 nitrogen and oxygen atoms in total. The zero-order valence-corrected chi connectivity index (χ0v) is 11.1. The molecule has 1 heterocycles. The maximum atomic E-state index is 11.5. The molecule has 2 amide bonds. The van der Waals surface area contributed by atoms with Crippen molar-refractivity contribution in [1.29, 1.82) is 0 Å². The highest BCUT2D eigenvalue weighted by molar-refractivity contribution is 5.73. The monoisotopic (exact) mass is 268 g/mol. The average Bonchev–Trinajstić information content (AvgIpc) is 3.03. The van der Waals surface area contributed by atoms with Crippen LogP contribution in [0.25, 0.3) is 0 Å². The lowest BCUT2D eigenvalue weighted by atomic mass is 10.3. The summed E-state index contributed by atoms with van der Waals surface area (Å²) in [4.78, 5) is 15.4. The molecule has 0 atom stereocenters. The van der Waals surface area contributed by atoms with Crippen molar-refractivity contribution in [3.05, 3.63) is 11.7 Å². The summed E-state index contributed by atoms with van der Waals surface area (Å²) in [5, 5.41) is 9.06. The van der Waals surface area contributed by atoms with Crippen LogP contribution in [0.4, 0.5) is 4.79 Å². The van der Waals surface area contributed by atoms with Gasteiger partial charge in [-0.1, -0.05) is 18.0 Å². The van der Waals surface area contributed by atoms with Crippen molar-refractivity contribution in [3.8, 4) is 0 Å². The number of aromatic nitrogens is 2. The van der Waals surface area contributed by atoms with Gasteiger partial charge < -0.3 is 19.9 Å². The predicted molar refractivity (Wildman–Crippen MR) is 67.5 cm³/mol. The van der Waals surface area contributed by atoms with Gasteiger partial charge in [0, 0.05) is 13.5 Å². The molecule has 0 aromatic carbocycles.